The Morgan fingerprint density at radius 3 is 2.48 bits per heavy atom. The van der Waals surface area contributed by atoms with E-state index < -0.39 is 0 Å². The van der Waals surface area contributed by atoms with Crippen molar-refractivity contribution in [2.75, 3.05) is 6.61 Å². The molecule has 0 unspecified atom stereocenters. The summed E-state index contributed by atoms with van der Waals surface area (Å²) < 4.78 is 6.37. The second-order valence-corrected chi connectivity index (χ2v) is 6.80. The van der Waals surface area contributed by atoms with Gasteiger partial charge in [-0.3, -0.25) is 4.79 Å². The summed E-state index contributed by atoms with van der Waals surface area (Å²) in [7, 11) is 0. The fourth-order valence-corrected chi connectivity index (χ4v) is 3.24. The minimum Gasteiger partial charge on any atom is -0.483 e. The summed E-state index contributed by atoms with van der Waals surface area (Å²) in [5.41, 5.74) is 3.28. The van der Waals surface area contributed by atoms with Crippen molar-refractivity contribution >= 4 is 28.8 Å². The first kappa shape index (κ1) is 15.9. The van der Waals surface area contributed by atoms with Crippen molar-refractivity contribution in [3.05, 3.63) is 50.2 Å². The maximum absolute atomic E-state index is 11.8. The number of ether oxygens (including phenoxy) is 1. The van der Waals surface area contributed by atoms with E-state index in [1.54, 1.807) is 0 Å². The lowest BCUT2D eigenvalue weighted by Gasteiger charge is -2.13. The fraction of sp³-hybridized carbons (Fsp3) is 0.312. The minimum atomic E-state index is -0.140. The molecule has 0 fully saturated rings. The topological polar surface area (TPSA) is 38.3 Å². The van der Waals surface area contributed by atoms with E-state index in [0.29, 0.717) is 6.54 Å². The Morgan fingerprint density at radius 2 is 1.90 bits per heavy atom. The predicted molar refractivity (Wildman–Crippen MR) is 87.3 cm³/mol. The summed E-state index contributed by atoms with van der Waals surface area (Å²) >= 11 is 7.31. The summed E-state index contributed by atoms with van der Waals surface area (Å²) in [6, 6.07) is 7.83. The van der Waals surface area contributed by atoms with E-state index in [1.165, 1.54) is 16.9 Å². The van der Waals surface area contributed by atoms with Crippen LogP contribution >= 0.6 is 22.9 Å². The molecule has 5 heteroatoms. The molecule has 112 valence electrons. The molecular weight excluding hydrogens is 306 g/mol. The number of thiophene rings is 1. The molecule has 0 spiro atoms. The second kappa shape index (κ2) is 6.96. The van der Waals surface area contributed by atoms with Gasteiger partial charge < -0.3 is 10.1 Å². The first-order valence-electron chi connectivity index (χ1n) is 6.67. The highest BCUT2D eigenvalue weighted by Gasteiger charge is 2.08. The van der Waals surface area contributed by atoms with Crippen LogP contribution in [0, 0.1) is 20.8 Å². The smallest absolute Gasteiger partial charge is 0.258 e. The zero-order chi connectivity index (χ0) is 15.4. The molecule has 0 aliphatic rings. The highest BCUT2D eigenvalue weighted by Crippen LogP contribution is 2.24. The van der Waals surface area contributed by atoms with Crippen LogP contribution in [0.3, 0.4) is 0 Å². The highest BCUT2D eigenvalue weighted by atomic mass is 35.5. The van der Waals surface area contributed by atoms with Crippen LogP contribution < -0.4 is 10.1 Å². The monoisotopic (exact) mass is 323 g/mol. The van der Waals surface area contributed by atoms with Gasteiger partial charge in [-0.1, -0.05) is 29.3 Å². The number of carbonyl (C=O) groups is 1. The maximum atomic E-state index is 11.8. The summed E-state index contributed by atoms with van der Waals surface area (Å²) in [5.74, 6) is 0.647. The number of hydrogen-bond donors (Lipinski definition) is 1. The minimum absolute atomic E-state index is 0.0177. The van der Waals surface area contributed by atoms with Gasteiger partial charge in [-0.2, -0.15) is 0 Å². The molecule has 1 aromatic heterocycles. The third-order valence-electron chi connectivity index (χ3n) is 3.04. The normalized spacial score (nSPS) is 10.5. The molecule has 21 heavy (non-hydrogen) atoms. The number of hydrogen-bond acceptors (Lipinski definition) is 3. The molecule has 1 N–H and O–H groups in total. The van der Waals surface area contributed by atoms with Gasteiger partial charge in [0, 0.05) is 4.88 Å². The molecule has 0 aliphatic heterocycles. The van der Waals surface area contributed by atoms with Gasteiger partial charge >= 0.3 is 0 Å². The van der Waals surface area contributed by atoms with E-state index >= 15 is 0 Å². The number of rotatable bonds is 5. The Balaban J connectivity index is 1.87. The molecule has 0 saturated carbocycles. The van der Waals surface area contributed by atoms with Gasteiger partial charge in [0.2, 0.25) is 0 Å². The number of carbonyl (C=O) groups excluding carboxylic acids is 1. The average Bonchev–Trinajstić information content (AvgIpc) is 2.81. The summed E-state index contributed by atoms with van der Waals surface area (Å²) in [6.45, 7) is 6.51. The summed E-state index contributed by atoms with van der Waals surface area (Å²) in [5, 5.41) is 2.82. The fourth-order valence-electron chi connectivity index (χ4n) is 2.22. The molecule has 0 bridgehead atoms. The zero-order valence-electron chi connectivity index (χ0n) is 12.3. The zero-order valence-corrected chi connectivity index (χ0v) is 13.9. The Kier molecular flexibility index (Phi) is 5.26. The van der Waals surface area contributed by atoms with E-state index in [-0.39, 0.29) is 12.5 Å². The van der Waals surface area contributed by atoms with Crippen LogP contribution in [-0.4, -0.2) is 12.5 Å². The lowest BCUT2D eigenvalue weighted by Crippen LogP contribution is -2.28. The molecule has 1 heterocycles. The molecule has 0 radical (unpaired) electrons. The first-order chi connectivity index (χ1) is 9.95. The maximum Gasteiger partial charge on any atom is 0.258 e. The summed E-state index contributed by atoms with van der Waals surface area (Å²) in [4.78, 5) is 12.8. The van der Waals surface area contributed by atoms with Gasteiger partial charge in [0.05, 0.1) is 10.9 Å². The van der Waals surface area contributed by atoms with Crippen LogP contribution in [0.4, 0.5) is 0 Å². The Labute approximate surface area is 133 Å². The van der Waals surface area contributed by atoms with Gasteiger partial charge in [-0.05, 0) is 44.0 Å². The van der Waals surface area contributed by atoms with Crippen molar-refractivity contribution in [2.45, 2.75) is 27.3 Å². The third-order valence-corrected chi connectivity index (χ3v) is 4.27. The van der Waals surface area contributed by atoms with E-state index in [9.17, 15) is 4.79 Å². The van der Waals surface area contributed by atoms with E-state index in [4.69, 9.17) is 16.3 Å². The van der Waals surface area contributed by atoms with Crippen molar-refractivity contribution < 1.29 is 9.53 Å². The standard InChI is InChI=1S/C16H18ClNO2S/c1-10-6-11(2)16(12(3)7-10)20-9-15(19)18-8-13-4-5-14(17)21-13/h4-7H,8-9H2,1-3H3,(H,18,19). The van der Waals surface area contributed by atoms with Crippen molar-refractivity contribution in [2.24, 2.45) is 0 Å². The van der Waals surface area contributed by atoms with Crippen LogP contribution in [0.25, 0.3) is 0 Å². The number of aryl methyl sites for hydroxylation is 3. The predicted octanol–water partition coefficient (Wildman–Crippen LogP) is 4.02. The van der Waals surface area contributed by atoms with Gasteiger partial charge in [0.15, 0.2) is 6.61 Å². The third kappa shape index (κ3) is 4.48. The van der Waals surface area contributed by atoms with Gasteiger partial charge in [0.1, 0.15) is 5.75 Å². The molecule has 0 atom stereocenters. The number of halogens is 1. The molecule has 3 nitrogen and oxygen atoms in total. The first-order valence-corrected chi connectivity index (χ1v) is 7.86. The quantitative estimate of drug-likeness (QED) is 0.902. The average molecular weight is 324 g/mol. The molecule has 0 aliphatic carbocycles. The van der Waals surface area contributed by atoms with Crippen molar-refractivity contribution in [1.29, 1.82) is 0 Å². The van der Waals surface area contributed by atoms with Crippen molar-refractivity contribution in [3.63, 3.8) is 0 Å². The number of amides is 1. The van der Waals surface area contributed by atoms with Gasteiger partial charge in [-0.15, -0.1) is 11.3 Å². The molecule has 2 rings (SSSR count). The Hall–Kier alpha value is -1.52. The molecular formula is C16H18ClNO2S. The second-order valence-electron chi connectivity index (χ2n) is 5.00. The molecule has 0 saturated heterocycles. The number of nitrogens with one attached hydrogen (secondary N) is 1. The van der Waals surface area contributed by atoms with E-state index in [2.05, 4.69) is 5.32 Å². The van der Waals surface area contributed by atoms with Crippen LogP contribution in [0.1, 0.15) is 21.6 Å². The van der Waals surface area contributed by atoms with Crippen molar-refractivity contribution in [1.82, 2.24) is 5.32 Å². The Bertz CT molecular complexity index is 628. The Morgan fingerprint density at radius 1 is 1.24 bits per heavy atom. The van der Waals surface area contributed by atoms with Gasteiger partial charge in [-0.25, -0.2) is 0 Å². The van der Waals surface area contributed by atoms with Crippen LogP contribution in [-0.2, 0) is 11.3 Å². The molecule has 1 aromatic carbocycles. The van der Waals surface area contributed by atoms with Crippen LogP contribution in [0.15, 0.2) is 24.3 Å². The lowest BCUT2D eigenvalue weighted by molar-refractivity contribution is -0.123. The summed E-state index contributed by atoms with van der Waals surface area (Å²) in [6.07, 6.45) is 0. The largest absolute Gasteiger partial charge is 0.483 e. The SMILES string of the molecule is Cc1cc(C)c(OCC(=O)NCc2ccc(Cl)s2)c(C)c1. The van der Waals surface area contributed by atoms with E-state index in [0.717, 1.165) is 26.1 Å². The molecule has 2 aromatic rings. The van der Waals surface area contributed by atoms with E-state index in [1.807, 2.05) is 45.0 Å². The van der Waals surface area contributed by atoms with Crippen LogP contribution in [0.5, 0.6) is 5.75 Å². The number of benzene rings is 1. The van der Waals surface area contributed by atoms with Gasteiger partial charge in [0.25, 0.3) is 5.91 Å². The molecule has 1 amide bonds. The highest BCUT2D eigenvalue weighted by molar-refractivity contribution is 7.16. The van der Waals surface area contributed by atoms with Crippen LogP contribution in [0.2, 0.25) is 4.34 Å². The van der Waals surface area contributed by atoms with Crippen molar-refractivity contribution in [3.8, 4) is 5.75 Å². The lowest BCUT2D eigenvalue weighted by atomic mass is 10.1.